The Hall–Kier alpha value is -1.01. The number of rotatable bonds is 5. The van der Waals surface area contributed by atoms with Crippen LogP contribution in [0.3, 0.4) is 0 Å². The van der Waals surface area contributed by atoms with Crippen molar-refractivity contribution < 1.29 is 23.7 Å². The zero-order valence-corrected chi connectivity index (χ0v) is 11.1. The van der Waals surface area contributed by atoms with Gasteiger partial charge >= 0.3 is 0 Å². The first-order valence-corrected chi connectivity index (χ1v) is 6.22. The summed E-state index contributed by atoms with van der Waals surface area (Å²) in [6.07, 6.45) is -3.32. The van der Waals surface area contributed by atoms with E-state index in [1.54, 1.807) is 0 Å². The zero-order valence-electron chi connectivity index (χ0n) is 11.1. The summed E-state index contributed by atoms with van der Waals surface area (Å²) in [5.74, 6) is 0. The summed E-state index contributed by atoms with van der Waals surface area (Å²) in [5.41, 5.74) is -0.638. The summed E-state index contributed by atoms with van der Waals surface area (Å²) in [6.45, 7) is 1.82. The molecular weight excluding hydrogens is 251 g/mol. The first-order valence-electron chi connectivity index (χ1n) is 6.22. The first-order chi connectivity index (χ1) is 9.05. The first kappa shape index (κ1) is 14.4. The van der Waals surface area contributed by atoms with E-state index in [9.17, 15) is 9.50 Å². The Morgan fingerprint density at radius 3 is 2.63 bits per heavy atom. The van der Waals surface area contributed by atoms with Crippen LogP contribution in [0.15, 0.2) is 30.3 Å². The van der Waals surface area contributed by atoms with E-state index in [4.69, 9.17) is 14.2 Å². The van der Waals surface area contributed by atoms with Crippen LogP contribution < -0.4 is 0 Å². The Morgan fingerprint density at radius 1 is 1.37 bits per heavy atom. The average Bonchev–Trinajstić information content (AvgIpc) is 2.63. The van der Waals surface area contributed by atoms with Gasteiger partial charge in [-0.25, -0.2) is 4.39 Å². The van der Waals surface area contributed by atoms with Gasteiger partial charge in [0.15, 0.2) is 12.5 Å². The van der Waals surface area contributed by atoms with E-state index in [-0.39, 0.29) is 6.61 Å². The molecule has 0 bridgehead atoms. The molecule has 1 heterocycles. The summed E-state index contributed by atoms with van der Waals surface area (Å²) >= 11 is 0. The van der Waals surface area contributed by atoms with E-state index in [2.05, 4.69) is 0 Å². The lowest BCUT2D eigenvalue weighted by Gasteiger charge is -2.23. The van der Waals surface area contributed by atoms with Crippen LogP contribution in [0.5, 0.6) is 0 Å². The van der Waals surface area contributed by atoms with Gasteiger partial charge in [0.1, 0.15) is 11.7 Å². The van der Waals surface area contributed by atoms with Gasteiger partial charge < -0.3 is 19.3 Å². The predicted molar refractivity (Wildman–Crippen MR) is 67.3 cm³/mol. The lowest BCUT2D eigenvalue weighted by atomic mass is 9.99. The summed E-state index contributed by atoms with van der Waals surface area (Å²) in [5, 5.41) is 9.93. The normalized spacial score (nSPS) is 34.6. The van der Waals surface area contributed by atoms with Crippen LogP contribution in [0.2, 0.25) is 0 Å². The summed E-state index contributed by atoms with van der Waals surface area (Å²) in [6, 6.07) is 9.59. The number of aliphatic hydroxyl groups is 1. The molecule has 106 valence electrons. The van der Waals surface area contributed by atoms with Crippen molar-refractivity contribution >= 4 is 0 Å². The predicted octanol–water partition coefficient (Wildman–Crippen LogP) is 1.66. The summed E-state index contributed by atoms with van der Waals surface area (Å²) in [7, 11) is 1.37. The smallest absolute Gasteiger partial charge is 0.189 e. The van der Waals surface area contributed by atoms with Gasteiger partial charge in [-0.1, -0.05) is 30.3 Å². The van der Waals surface area contributed by atoms with E-state index in [0.29, 0.717) is 6.61 Å². The Morgan fingerprint density at radius 2 is 2.05 bits per heavy atom. The average molecular weight is 270 g/mol. The van der Waals surface area contributed by atoms with Gasteiger partial charge in [-0.3, -0.25) is 0 Å². The Labute approximate surface area is 112 Å². The molecule has 19 heavy (non-hydrogen) atoms. The molecule has 0 amide bonds. The maximum atomic E-state index is 14.0. The highest BCUT2D eigenvalue weighted by Crippen LogP contribution is 2.33. The van der Waals surface area contributed by atoms with Crippen LogP contribution in [0.4, 0.5) is 4.39 Å². The largest absolute Gasteiger partial charge is 0.382 e. The zero-order chi connectivity index (χ0) is 13.9. The van der Waals surface area contributed by atoms with Crippen LogP contribution in [-0.2, 0) is 20.8 Å². The standard InChI is InChI=1S/C14H19FO4/c1-14(16)12(15)11(19-13(14)17-2)9-18-8-10-6-4-3-5-7-10/h3-7,11-13,16H,8-9H2,1-2H3/t11-,12-,13+,14-/m1/s1. The molecule has 1 aliphatic heterocycles. The third-order valence-electron chi connectivity index (χ3n) is 3.27. The monoisotopic (exact) mass is 270 g/mol. The third kappa shape index (κ3) is 3.12. The number of halogens is 1. The molecule has 0 unspecified atom stereocenters. The maximum absolute atomic E-state index is 14.0. The van der Waals surface area contributed by atoms with Gasteiger partial charge in [-0.05, 0) is 12.5 Å². The molecule has 5 heteroatoms. The minimum absolute atomic E-state index is 0.0755. The summed E-state index contributed by atoms with van der Waals surface area (Å²) in [4.78, 5) is 0. The molecular formula is C14H19FO4. The molecule has 1 fully saturated rings. The molecule has 1 N–H and O–H groups in total. The molecule has 4 atom stereocenters. The van der Waals surface area contributed by atoms with Gasteiger partial charge in [-0.2, -0.15) is 0 Å². The molecule has 1 aliphatic rings. The molecule has 0 aromatic heterocycles. The fourth-order valence-electron chi connectivity index (χ4n) is 2.16. The van der Waals surface area contributed by atoms with Crippen molar-refractivity contribution in [2.45, 2.75) is 37.7 Å². The van der Waals surface area contributed by atoms with E-state index < -0.39 is 24.2 Å². The molecule has 4 nitrogen and oxygen atoms in total. The van der Waals surface area contributed by atoms with Crippen molar-refractivity contribution in [3.05, 3.63) is 35.9 Å². The Kier molecular flexibility index (Phi) is 4.52. The van der Waals surface area contributed by atoms with Crippen molar-refractivity contribution in [1.82, 2.24) is 0 Å². The Bertz CT molecular complexity index is 396. The highest BCUT2D eigenvalue weighted by molar-refractivity contribution is 5.13. The van der Waals surface area contributed by atoms with Gasteiger partial charge in [-0.15, -0.1) is 0 Å². The van der Waals surface area contributed by atoms with Crippen LogP contribution in [0.1, 0.15) is 12.5 Å². The number of alkyl halides is 1. The van der Waals surface area contributed by atoms with Crippen LogP contribution in [0, 0.1) is 0 Å². The highest BCUT2D eigenvalue weighted by atomic mass is 19.1. The number of ether oxygens (including phenoxy) is 3. The van der Waals surface area contributed by atoms with E-state index in [1.165, 1.54) is 14.0 Å². The fraction of sp³-hybridized carbons (Fsp3) is 0.571. The van der Waals surface area contributed by atoms with Gasteiger partial charge in [0.05, 0.1) is 13.2 Å². The molecule has 1 saturated heterocycles. The molecule has 1 aromatic rings. The van der Waals surface area contributed by atoms with Crippen LogP contribution in [0.25, 0.3) is 0 Å². The van der Waals surface area contributed by atoms with Crippen molar-refractivity contribution in [3.63, 3.8) is 0 Å². The number of methoxy groups -OCH3 is 1. The minimum atomic E-state index is -1.64. The number of hydrogen-bond donors (Lipinski definition) is 1. The topological polar surface area (TPSA) is 47.9 Å². The van der Waals surface area contributed by atoms with Crippen LogP contribution >= 0.6 is 0 Å². The second-order valence-electron chi connectivity index (χ2n) is 4.87. The van der Waals surface area contributed by atoms with Crippen molar-refractivity contribution in [2.24, 2.45) is 0 Å². The molecule has 0 saturated carbocycles. The lowest BCUT2D eigenvalue weighted by Crippen LogP contribution is -2.44. The van der Waals surface area contributed by atoms with Crippen LogP contribution in [-0.4, -0.2) is 43.0 Å². The molecule has 2 rings (SSSR count). The van der Waals surface area contributed by atoms with E-state index >= 15 is 0 Å². The van der Waals surface area contributed by atoms with Gasteiger partial charge in [0.2, 0.25) is 0 Å². The van der Waals surface area contributed by atoms with Gasteiger partial charge in [0.25, 0.3) is 0 Å². The van der Waals surface area contributed by atoms with Crippen molar-refractivity contribution in [1.29, 1.82) is 0 Å². The maximum Gasteiger partial charge on any atom is 0.189 e. The summed E-state index contributed by atoms with van der Waals surface area (Å²) < 4.78 is 29.6. The van der Waals surface area contributed by atoms with Gasteiger partial charge in [0, 0.05) is 7.11 Å². The lowest BCUT2D eigenvalue weighted by molar-refractivity contribution is -0.186. The van der Waals surface area contributed by atoms with E-state index in [0.717, 1.165) is 5.56 Å². The SMILES string of the molecule is CO[C@H]1O[C@H](COCc2ccccc2)[C@@H](F)[C@@]1(C)O. The molecule has 0 aliphatic carbocycles. The Balaban J connectivity index is 1.84. The quantitative estimate of drug-likeness (QED) is 0.884. The highest BCUT2D eigenvalue weighted by Gasteiger charge is 2.53. The molecule has 0 spiro atoms. The molecule has 1 aromatic carbocycles. The third-order valence-corrected chi connectivity index (χ3v) is 3.27. The number of benzene rings is 1. The molecule has 0 radical (unpaired) electrons. The minimum Gasteiger partial charge on any atom is -0.382 e. The number of hydrogen-bond acceptors (Lipinski definition) is 4. The fourth-order valence-corrected chi connectivity index (χ4v) is 2.16. The second kappa shape index (κ2) is 5.96. The van der Waals surface area contributed by atoms with Crippen molar-refractivity contribution in [2.75, 3.05) is 13.7 Å². The van der Waals surface area contributed by atoms with Crippen molar-refractivity contribution in [3.8, 4) is 0 Å². The second-order valence-corrected chi connectivity index (χ2v) is 4.87. The van der Waals surface area contributed by atoms with E-state index in [1.807, 2.05) is 30.3 Å².